The Morgan fingerprint density at radius 1 is 1.15 bits per heavy atom. The minimum atomic E-state index is -4.53. The van der Waals surface area contributed by atoms with Crippen LogP contribution in [0.25, 0.3) is 11.5 Å². The van der Waals surface area contributed by atoms with Crippen molar-refractivity contribution in [2.24, 2.45) is 0 Å². The average molecular weight is 384 g/mol. The zero-order chi connectivity index (χ0) is 18.7. The van der Waals surface area contributed by atoms with Crippen LogP contribution in [-0.2, 0) is 12.7 Å². The standard InChI is InChI=1S/C17H13ClF3N3O2/c1-25-12-4-2-3-10(7-12)16-24-23-15(26-16)9-22-11-5-6-14(18)13(8-11)17(19,20)21/h2-8,22H,9H2,1H3. The van der Waals surface area contributed by atoms with E-state index in [1.165, 1.54) is 12.1 Å². The molecule has 0 unspecified atom stereocenters. The molecule has 1 heterocycles. The summed E-state index contributed by atoms with van der Waals surface area (Å²) in [5.74, 6) is 1.15. The van der Waals surface area contributed by atoms with Crippen molar-refractivity contribution in [1.29, 1.82) is 0 Å². The summed E-state index contributed by atoms with van der Waals surface area (Å²) in [6.45, 7) is 0.0654. The van der Waals surface area contributed by atoms with Gasteiger partial charge in [0, 0.05) is 11.3 Å². The topological polar surface area (TPSA) is 60.2 Å². The van der Waals surface area contributed by atoms with Crippen molar-refractivity contribution in [1.82, 2.24) is 10.2 Å². The normalized spacial score (nSPS) is 11.4. The van der Waals surface area contributed by atoms with Crippen molar-refractivity contribution < 1.29 is 22.3 Å². The summed E-state index contributed by atoms with van der Waals surface area (Å²) in [6.07, 6.45) is -4.53. The van der Waals surface area contributed by atoms with Crippen LogP contribution in [0.3, 0.4) is 0 Å². The summed E-state index contributed by atoms with van der Waals surface area (Å²) in [5.41, 5.74) is 0.00331. The molecule has 0 aliphatic rings. The van der Waals surface area contributed by atoms with Gasteiger partial charge in [-0.3, -0.25) is 0 Å². The van der Waals surface area contributed by atoms with E-state index in [0.717, 1.165) is 6.07 Å². The Kier molecular flexibility index (Phi) is 5.03. The van der Waals surface area contributed by atoms with Gasteiger partial charge in [-0.1, -0.05) is 17.7 Å². The Labute approximate surface area is 151 Å². The van der Waals surface area contributed by atoms with E-state index in [9.17, 15) is 13.2 Å². The smallest absolute Gasteiger partial charge is 0.417 e. The van der Waals surface area contributed by atoms with Crippen LogP contribution < -0.4 is 10.1 Å². The lowest BCUT2D eigenvalue weighted by molar-refractivity contribution is -0.137. The first-order valence-electron chi connectivity index (χ1n) is 7.44. The lowest BCUT2D eigenvalue weighted by atomic mass is 10.2. The zero-order valence-electron chi connectivity index (χ0n) is 13.5. The van der Waals surface area contributed by atoms with Gasteiger partial charge in [0.05, 0.1) is 24.2 Å². The molecule has 136 valence electrons. The SMILES string of the molecule is COc1cccc(-c2nnc(CNc3ccc(Cl)c(C(F)(F)F)c3)o2)c1. The van der Waals surface area contributed by atoms with Crippen LogP contribution in [0, 0.1) is 0 Å². The van der Waals surface area contributed by atoms with E-state index in [1.807, 2.05) is 0 Å². The maximum Gasteiger partial charge on any atom is 0.417 e. The van der Waals surface area contributed by atoms with E-state index in [1.54, 1.807) is 31.4 Å². The second-order valence-corrected chi connectivity index (χ2v) is 5.69. The lowest BCUT2D eigenvalue weighted by Crippen LogP contribution is -2.07. The van der Waals surface area contributed by atoms with Gasteiger partial charge >= 0.3 is 6.18 Å². The highest BCUT2D eigenvalue weighted by atomic mass is 35.5. The highest BCUT2D eigenvalue weighted by Gasteiger charge is 2.33. The number of benzene rings is 2. The maximum absolute atomic E-state index is 12.9. The summed E-state index contributed by atoms with van der Waals surface area (Å²) >= 11 is 5.60. The predicted octanol–water partition coefficient (Wildman–Crippen LogP) is 5.03. The molecule has 0 aliphatic heterocycles. The van der Waals surface area contributed by atoms with E-state index in [0.29, 0.717) is 11.3 Å². The first-order valence-corrected chi connectivity index (χ1v) is 7.82. The van der Waals surface area contributed by atoms with Crippen LogP contribution >= 0.6 is 11.6 Å². The number of anilines is 1. The molecule has 0 aliphatic carbocycles. The van der Waals surface area contributed by atoms with E-state index >= 15 is 0 Å². The predicted molar refractivity (Wildman–Crippen MR) is 90.1 cm³/mol. The summed E-state index contributed by atoms with van der Waals surface area (Å²) < 4.78 is 49.3. The molecular weight excluding hydrogens is 371 g/mol. The molecule has 0 bridgehead atoms. The minimum absolute atomic E-state index is 0.0654. The van der Waals surface area contributed by atoms with Crippen LogP contribution in [-0.4, -0.2) is 17.3 Å². The molecule has 0 spiro atoms. The Bertz CT molecular complexity index is 912. The second kappa shape index (κ2) is 7.25. The number of aromatic nitrogens is 2. The number of ether oxygens (including phenoxy) is 1. The van der Waals surface area contributed by atoms with Gasteiger partial charge in [0.15, 0.2) is 0 Å². The number of nitrogens with zero attached hydrogens (tertiary/aromatic N) is 2. The summed E-state index contributed by atoms with van der Waals surface area (Å²) in [7, 11) is 1.55. The van der Waals surface area contributed by atoms with Gasteiger partial charge in [-0.2, -0.15) is 13.2 Å². The second-order valence-electron chi connectivity index (χ2n) is 5.28. The first kappa shape index (κ1) is 18.1. The number of rotatable bonds is 5. The minimum Gasteiger partial charge on any atom is -0.497 e. The van der Waals surface area contributed by atoms with Crippen molar-refractivity contribution in [3.63, 3.8) is 0 Å². The van der Waals surface area contributed by atoms with E-state index in [-0.39, 0.29) is 29.0 Å². The average Bonchev–Trinajstić information content (AvgIpc) is 3.09. The van der Waals surface area contributed by atoms with Crippen LogP contribution in [0.5, 0.6) is 5.75 Å². The van der Waals surface area contributed by atoms with Crippen LogP contribution in [0.1, 0.15) is 11.5 Å². The summed E-state index contributed by atoms with van der Waals surface area (Å²) in [5, 5.41) is 10.3. The van der Waals surface area contributed by atoms with Crippen molar-refractivity contribution in [3.8, 4) is 17.2 Å². The molecule has 2 aromatic carbocycles. The van der Waals surface area contributed by atoms with Gasteiger partial charge in [-0.25, -0.2) is 0 Å². The Balaban J connectivity index is 1.72. The number of hydrogen-bond donors (Lipinski definition) is 1. The van der Waals surface area contributed by atoms with Crippen LogP contribution in [0.2, 0.25) is 5.02 Å². The van der Waals surface area contributed by atoms with Gasteiger partial charge in [0.1, 0.15) is 5.75 Å². The van der Waals surface area contributed by atoms with Crippen LogP contribution in [0.4, 0.5) is 18.9 Å². The molecule has 5 nitrogen and oxygen atoms in total. The van der Waals surface area contributed by atoms with Gasteiger partial charge in [0.25, 0.3) is 0 Å². The van der Waals surface area contributed by atoms with Crippen LogP contribution in [0.15, 0.2) is 46.9 Å². The van der Waals surface area contributed by atoms with E-state index in [2.05, 4.69) is 15.5 Å². The monoisotopic (exact) mass is 383 g/mol. The third-order valence-corrected chi connectivity index (χ3v) is 3.83. The molecule has 3 rings (SSSR count). The molecule has 0 atom stereocenters. The number of halogens is 4. The highest BCUT2D eigenvalue weighted by molar-refractivity contribution is 6.31. The lowest BCUT2D eigenvalue weighted by Gasteiger charge is -2.11. The first-order chi connectivity index (χ1) is 12.4. The summed E-state index contributed by atoms with van der Waals surface area (Å²) in [6, 6.07) is 10.6. The van der Waals surface area contributed by atoms with Gasteiger partial charge in [-0.15, -0.1) is 10.2 Å². The van der Waals surface area contributed by atoms with Gasteiger partial charge in [0.2, 0.25) is 11.8 Å². The molecule has 0 saturated carbocycles. The third kappa shape index (κ3) is 4.08. The van der Waals surface area contributed by atoms with Gasteiger partial charge < -0.3 is 14.5 Å². The number of hydrogen-bond acceptors (Lipinski definition) is 5. The Morgan fingerprint density at radius 3 is 2.69 bits per heavy atom. The Morgan fingerprint density at radius 2 is 1.96 bits per heavy atom. The number of methoxy groups -OCH3 is 1. The largest absolute Gasteiger partial charge is 0.497 e. The molecule has 9 heteroatoms. The highest BCUT2D eigenvalue weighted by Crippen LogP contribution is 2.36. The van der Waals surface area contributed by atoms with Crippen molar-refractivity contribution in [3.05, 3.63) is 58.9 Å². The van der Waals surface area contributed by atoms with E-state index in [4.69, 9.17) is 20.8 Å². The molecule has 1 aromatic heterocycles. The van der Waals surface area contributed by atoms with Crippen molar-refractivity contribution in [2.75, 3.05) is 12.4 Å². The fraction of sp³-hybridized carbons (Fsp3) is 0.176. The molecule has 0 radical (unpaired) electrons. The molecule has 26 heavy (non-hydrogen) atoms. The van der Waals surface area contributed by atoms with Crippen molar-refractivity contribution >= 4 is 17.3 Å². The molecule has 1 N–H and O–H groups in total. The molecule has 0 amide bonds. The maximum atomic E-state index is 12.9. The quantitative estimate of drug-likeness (QED) is 0.669. The fourth-order valence-electron chi connectivity index (χ4n) is 2.23. The van der Waals surface area contributed by atoms with Crippen molar-refractivity contribution in [2.45, 2.75) is 12.7 Å². The molecule has 0 fully saturated rings. The number of nitrogens with one attached hydrogen (secondary N) is 1. The number of alkyl halides is 3. The van der Waals surface area contributed by atoms with Gasteiger partial charge in [-0.05, 0) is 36.4 Å². The fourth-order valence-corrected chi connectivity index (χ4v) is 2.45. The zero-order valence-corrected chi connectivity index (χ0v) is 14.2. The Hall–Kier alpha value is -2.74. The third-order valence-electron chi connectivity index (χ3n) is 3.50. The molecule has 3 aromatic rings. The molecular formula is C17H13ClF3N3O2. The summed E-state index contributed by atoms with van der Waals surface area (Å²) in [4.78, 5) is 0. The van der Waals surface area contributed by atoms with E-state index < -0.39 is 11.7 Å². The molecule has 0 saturated heterocycles.